The van der Waals surface area contributed by atoms with E-state index in [2.05, 4.69) is 0 Å². The summed E-state index contributed by atoms with van der Waals surface area (Å²) in [6.45, 7) is 1.93. The Morgan fingerprint density at radius 1 is 1.04 bits per heavy atom. The molecule has 0 amide bonds. The van der Waals surface area contributed by atoms with Crippen LogP contribution in [0.1, 0.15) is 33.2 Å². The average Bonchev–Trinajstić information content (AvgIpc) is 2.92. The van der Waals surface area contributed by atoms with Crippen LogP contribution in [0.25, 0.3) is 10.9 Å². The summed E-state index contributed by atoms with van der Waals surface area (Å²) in [5.74, 6) is -2.63. The van der Waals surface area contributed by atoms with Gasteiger partial charge in [-0.3, -0.25) is 9.59 Å². The fourth-order valence-electron chi connectivity index (χ4n) is 2.72. The molecule has 0 aliphatic heterocycles. The van der Waals surface area contributed by atoms with Crippen LogP contribution in [-0.4, -0.2) is 27.2 Å². The van der Waals surface area contributed by atoms with Crippen molar-refractivity contribution in [3.63, 3.8) is 0 Å². The summed E-state index contributed by atoms with van der Waals surface area (Å²) >= 11 is 0. The van der Waals surface area contributed by atoms with Gasteiger partial charge in [0, 0.05) is 29.2 Å². The van der Waals surface area contributed by atoms with E-state index in [1.54, 1.807) is 18.2 Å². The van der Waals surface area contributed by atoms with Crippen molar-refractivity contribution in [1.82, 2.24) is 4.57 Å². The number of aromatic nitrogens is 1. The van der Waals surface area contributed by atoms with Crippen LogP contribution in [0.15, 0.2) is 54.7 Å². The highest BCUT2D eigenvalue weighted by atomic mass is 16.4. The van der Waals surface area contributed by atoms with Crippen LogP contribution in [0.2, 0.25) is 0 Å². The second-order valence-electron chi connectivity index (χ2n) is 5.58. The normalized spacial score (nSPS) is 10.7. The summed E-state index contributed by atoms with van der Waals surface area (Å²) in [6, 6.07) is 14.7. The molecule has 0 fully saturated rings. The van der Waals surface area contributed by atoms with E-state index in [1.165, 1.54) is 13.1 Å². The lowest BCUT2D eigenvalue weighted by molar-refractivity contribution is -0.131. The molecule has 120 valence electrons. The Balaban J connectivity index is 2.18. The molecule has 0 bridgehead atoms. The molecule has 0 aliphatic carbocycles. The van der Waals surface area contributed by atoms with Crippen molar-refractivity contribution in [3.8, 4) is 0 Å². The number of carbonyl (C=O) groups excluding carboxylic acids is 2. The van der Waals surface area contributed by atoms with Crippen LogP contribution >= 0.6 is 0 Å². The van der Waals surface area contributed by atoms with Crippen molar-refractivity contribution >= 4 is 28.4 Å². The number of Topliss-reactive ketones (excluding diaryl/α,β-unsaturated/α-hetero) is 2. The number of carboxylic acids is 1. The molecule has 0 spiro atoms. The maximum Gasteiger partial charge on any atom is 0.377 e. The zero-order valence-corrected chi connectivity index (χ0v) is 13.0. The Morgan fingerprint density at radius 3 is 2.38 bits per heavy atom. The molecule has 5 nitrogen and oxygen atoms in total. The SMILES string of the molecule is CC(=O)c1ccc2c(c1)c(C(=O)C(=O)O)cn2Cc1ccccc1. The molecule has 1 aromatic heterocycles. The van der Waals surface area contributed by atoms with E-state index >= 15 is 0 Å². The van der Waals surface area contributed by atoms with Gasteiger partial charge < -0.3 is 9.67 Å². The molecular formula is C19H15NO4. The number of aliphatic carboxylic acids is 1. The number of nitrogens with zero attached hydrogens (tertiary/aromatic N) is 1. The first-order valence-corrected chi connectivity index (χ1v) is 7.42. The van der Waals surface area contributed by atoms with Gasteiger partial charge in [0.25, 0.3) is 5.78 Å². The number of hydrogen-bond acceptors (Lipinski definition) is 3. The Kier molecular flexibility index (Phi) is 4.00. The minimum atomic E-state index is -1.51. The molecule has 1 N–H and O–H groups in total. The van der Waals surface area contributed by atoms with E-state index in [0.29, 0.717) is 23.0 Å². The third-order valence-electron chi connectivity index (χ3n) is 3.92. The van der Waals surface area contributed by atoms with E-state index in [0.717, 1.165) is 5.56 Å². The number of benzene rings is 2. The van der Waals surface area contributed by atoms with Gasteiger partial charge in [0.2, 0.25) is 0 Å². The second kappa shape index (κ2) is 6.12. The smallest absolute Gasteiger partial charge is 0.377 e. The van der Waals surface area contributed by atoms with Gasteiger partial charge in [-0.25, -0.2) is 4.79 Å². The first kappa shape index (κ1) is 15.7. The van der Waals surface area contributed by atoms with E-state index < -0.39 is 11.8 Å². The molecule has 1 heterocycles. The van der Waals surface area contributed by atoms with Gasteiger partial charge in [-0.2, -0.15) is 0 Å². The van der Waals surface area contributed by atoms with Gasteiger partial charge in [0.05, 0.1) is 5.56 Å². The Labute approximate surface area is 138 Å². The van der Waals surface area contributed by atoms with E-state index in [-0.39, 0.29) is 11.3 Å². The topological polar surface area (TPSA) is 76.4 Å². The predicted molar refractivity (Wildman–Crippen MR) is 89.5 cm³/mol. The average molecular weight is 321 g/mol. The lowest BCUT2D eigenvalue weighted by Gasteiger charge is -2.06. The van der Waals surface area contributed by atoms with Crippen LogP contribution in [0.3, 0.4) is 0 Å². The molecule has 0 aliphatic rings. The van der Waals surface area contributed by atoms with Crippen molar-refractivity contribution in [2.75, 3.05) is 0 Å². The van der Waals surface area contributed by atoms with Gasteiger partial charge in [-0.1, -0.05) is 30.3 Å². The van der Waals surface area contributed by atoms with Crippen molar-refractivity contribution in [1.29, 1.82) is 0 Å². The lowest BCUT2D eigenvalue weighted by Crippen LogP contribution is -2.12. The molecular weight excluding hydrogens is 306 g/mol. The van der Waals surface area contributed by atoms with Crippen LogP contribution in [-0.2, 0) is 11.3 Å². The van der Waals surface area contributed by atoms with Crippen LogP contribution in [0, 0.1) is 0 Å². The quantitative estimate of drug-likeness (QED) is 0.578. The van der Waals surface area contributed by atoms with Crippen LogP contribution in [0.5, 0.6) is 0 Å². The molecule has 0 radical (unpaired) electrons. The van der Waals surface area contributed by atoms with Gasteiger partial charge >= 0.3 is 5.97 Å². The zero-order chi connectivity index (χ0) is 17.3. The summed E-state index contributed by atoms with van der Waals surface area (Å²) < 4.78 is 1.82. The fourth-order valence-corrected chi connectivity index (χ4v) is 2.72. The fraction of sp³-hybridized carbons (Fsp3) is 0.105. The Bertz CT molecular complexity index is 954. The predicted octanol–water partition coefficient (Wildman–Crippen LogP) is 3.16. The molecule has 3 rings (SSSR count). The molecule has 24 heavy (non-hydrogen) atoms. The molecule has 5 heteroatoms. The Morgan fingerprint density at radius 2 is 1.75 bits per heavy atom. The van der Waals surface area contributed by atoms with Gasteiger partial charge in [-0.15, -0.1) is 0 Å². The third kappa shape index (κ3) is 2.84. The number of ketones is 2. The zero-order valence-electron chi connectivity index (χ0n) is 13.0. The largest absolute Gasteiger partial charge is 0.475 e. The summed E-state index contributed by atoms with van der Waals surface area (Å²) in [6.07, 6.45) is 1.54. The standard InChI is InChI=1S/C19H15NO4/c1-12(21)14-7-8-17-15(9-14)16(18(22)19(23)24)11-20(17)10-13-5-3-2-4-6-13/h2-9,11H,10H2,1H3,(H,23,24). The Hall–Kier alpha value is -3.21. The molecule has 2 aromatic carbocycles. The van der Waals surface area contributed by atoms with E-state index in [4.69, 9.17) is 5.11 Å². The number of hydrogen-bond donors (Lipinski definition) is 1. The van der Waals surface area contributed by atoms with Crippen molar-refractivity contribution < 1.29 is 19.5 Å². The first-order chi connectivity index (χ1) is 11.5. The number of carboxylic acid groups (broad SMARTS) is 1. The number of rotatable bonds is 5. The van der Waals surface area contributed by atoms with Crippen LogP contribution < -0.4 is 0 Å². The third-order valence-corrected chi connectivity index (χ3v) is 3.92. The lowest BCUT2D eigenvalue weighted by atomic mass is 10.0. The maximum absolute atomic E-state index is 12.0. The van der Waals surface area contributed by atoms with Gasteiger partial charge in [0.1, 0.15) is 0 Å². The van der Waals surface area contributed by atoms with E-state index in [9.17, 15) is 14.4 Å². The van der Waals surface area contributed by atoms with Gasteiger partial charge in [-0.05, 0) is 30.7 Å². The highest BCUT2D eigenvalue weighted by Gasteiger charge is 2.21. The molecule has 0 unspecified atom stereocenters. The number of carbonyl (C=O) groups is 3. The highest BCUT2D eigenvalue weighted by Crippen LogP contribution is 2.25. The summed E-state index contributed by atoms with van der Waals surface area (Å²) in [5, 5.41) is 9.52. The van der Waals surface area contributed by atoms with Crippen molar-refractivity contribution in [3.05, 3.63) is 71.4 Å². The summed E-state index contributed by atoms with van der Waals surface area (Å²) in [5.41, 5.74) is 2.28. The summed E-state index contributed by atoms with van der Waals surface area (Å²) in [4.78, 5) is 34.7. The minimum absolute atomic E-state index is 0.0940. The highest BCUT2D eigenvalue weighted by molar-refractivity contribution is 6.42. The monoisotopic (exact) mass is 321 g/mol. The van der Waals surface area contributed by atoms with Crippen molar-refractivity contribution in [2.24, 2.45) is 0 Å². The number of fused-ring (bicyclic) bond motifs is 1. The van der Waals surface area contributed by atoms with Gasteiger partial charge in [0.15, 0.2) is 5.78 Å². The van der Waals surface area contributed by atoms with Crippen molar-refractivity contribution in [2.45, 2.75) is 13.5 Å². The second-order valence-corrected chi connectivity index (χ2v) is 5.58. The summed E-state index contributed by atoms with van der Waals surface area (Å²) in [7, 11) is 0. The first-order valence-electron chi connectivity index (χ1n) is 7.42. The maximum atomic E-state index is 12.0. The molecule has 0 saturated carbocycles. The van der Waals surface area contributed by atoms with Crippen LogP contribution in [0.4, 0.5) is 0 Å². The van der Waals surface area contributed by atoms with E-state index in [1.807, 2.05) is 34.9 Å². The molecule has 0 saturated heterocycles. The molecule has 0 atom stereocenters. The minimum Gasteiger partial charge on any atom is -0.475 e. The molecule has 3 aromatic rings.